The highest BCUT2D eigenvalue weighted by Gasteiger charge is 2.18. The molecule has 2 rings (SSSR count). The number of rotatable bonds is 5. The zero-order valence-corrected chi connectivity index (χ0v) is 13.4. The smallest absolute Gasteiger partial charge is 0.421 e. The van der Waals surface area contributed by atoms with Crippen LogP contribution >= 0.6 is 0 Å². The van der Waals surface area contributed by atoms with Crippen LogP contribution in [0.5, 0.6) is 0 Å². The predicted molar refractivity (Wildman–Crippen MR) is 84.8 cm³/mol. The van der Waals surface area contributed by atoms with E-state index in [1.165, 1.54) is 36.4 Å². The summed E-state index contributed by atoms with van der Waals surface area (Å²) in [5.41, 5.74) is 1.28. The Bertz CT molecular complexity index is 845. The van der Waals surface area contributed by atoms with E-state index in [0.717, 1.165) is 5.56 Å². The first kappa shape index (κ1) is 17.4. The van der Waals surface area contributed by atoms with Crippen molar-refractivity contribution in [3.63, 3.8) is 0 Å². The molecule has 2 aromatic carbocycles. The van der Waals surface area contributed by atoms with E-state index in [0.29, 0.717) is 5.56 Å². The molecule has 24 heavy (non-hydrogen) atoms. The Balaban J connectivity index is 1.95. The number of nitro benzene ring substituents is 1. The Hall–Kier alpha value is -2.94. The lowest BCUT2D eigenvalue weighted by molar-refractivity contribution is -0.384. The minimum Gasteiger partial charge on any atom is -0.444 e. The molecule has 9 heteroatoms. The van der Waals surface area contributed by atoms with Crippen LogP contribution in [0.15, 0.2) is 53.4 Å². The Morgan fingerprint density at radius 2 is 1.71 bits per heavy atom. The van der Waals surface area contributed by atoms with Gasteiger partial charge in [0.05, 0.1) is 9.82 Å². The number of aryl methyl sites for hydroxylation is 1. The van der Waals surface area contributed by atoms with Crippen LogP contribution in [0.1, 0.15) is 11.1 Å². The SMILES string of the molecule is Cc1ccc(S(=O)(=O)NC(=O)OCc2ccc([N+](=O)[O-])cc2)cc1. The summed E-state index contributed by atoms with van der Waals surface area (Å²) in [6.07, 6.45) is -1.13. The molecule has 0 unspecified atom stereocenters. The molecule has 126 valence electrons. The summed E-state index contributed by atoms with van der Waals surface area (Å²) in [6.45, 7) is 1.59. The summed E-state index contributed by atoms with van der Waals surface area (Å²) in [4.78, 5) is 21.6. The molecule has 0 saturated carbocycles. The van der Waals surface area contributed by atoms with Crippen LogP contribution in [0, 0.1) is 17.0 Å². The van der Waals surface area contributed by atoms with Crippen molar-refractivity contribution in [2.75, 3.05) is 0 Å². The number of amides is 1. The number of nitrogens with zero attached hydrogens (tertiary/aromatic N) is 1. The minimum absolute atomic E-state index is 0.0552. The van der Waals surface area contributed by atoms with Gasteiger partial charge in [0.1, 0.15) is 6.61 Å². The van der Waals surface area contributed by atoms with E-state index in [-0.39, 0.29) is 17.2 Å². The lowest BCUT2D eigenvalue weighted by Gasteiger charge is -2.08. The molecule has 0 aliphatic rings. The molecule has 0 atom stereocenters. The van der Waals surface area contributed by atoms with E-state index >= 15 is 0 Å². The Morgan fingerprint density at radius 3 is 2.25 bits per heavy atom. The molecule has 0 fully saturated rings. The topological polar surface area (TPSA) is 116 Å². The van der Waals surface area contributed by atoms with Gasteiger partial charge in [0.25, 0.3) is 15.7 Å². The summed E-state index contributed by atoms with van der Waals surface area (Å²) in [7, 11) is -4.01. The highest BCUT2D eigenvalue weighted by Crippen LogP contribution is 2.13. The van der Waals surface area contributed by atoms with Gasteiger partial charge in [-0.25, -0.2) is 17.9 Å². The fraction of sp³-hybridized carbons (Fsp3) is 0.133. The molecule has 8 nitrogen and oxygen atoms in total. The normalized spacial score (nSPS) is 10.9. The predicted octanol–water partition coefficient (Wildman–Crippen LogP) is 2.52. The van der Waals surface area contributed by atoms with E-state index in [1.807, 2.05) is 6.92 Å². The van der Waals surface area contributed by atoms with Crippen molar-refractivity contribution in [3.8, 4) is 0 Å². The Morgan fingerprint density at radius 1 is 1.12 bits per heavy atom. The highest BCUT2D eigenvalue weighted by atomic mass is 32.2. The van der Waals surface area contributed by atoms with Gasteiger partial charge in [0.15, 0.2) is 0 Å². The number of nitrogens with one attached hydrogen (secondary N) is 1. The van der Waals surface area contributed by atoms with E-state index in [1.54, 1.807) is 16.9 Å². The summed E-state index contributed by atoms with van der Waals surface area (Å²) >= 11 is 0. The first-order chi connectivity index (χ1) is 11.3. The van der Waals surface area contributed by atoms with Crippen molar-refractivity contribution in [1.29, 1.82) is 0 Å². The minimum atomic E-state index is -4.01. The van der Waals surface area contributed by atoms with Gasteiger partial charge >= 0.3 is 6.09 Å². The first-order valence-electron chi connectivity index (χ1n) is 6.77. The average molecular weight is 350 g/mol. The number of nitro groups is 1. The molecule has 2 aromatic rings. The number of carbonyl (C=O) groups is 1. The molecule has 0 spiro atoms. The molecule has 0 aromatic heterocycles. The number of sulfonamides is 1. The quantitative estimate of drug-likeness (QED) is 0.654. The lowest BCUT2D eigenvalue weighted by Crippen LogP contribution is -2.31. The molecule has 0 heterocycles. The van der Waals surface area contributed by atoms with Gasteiger partial charge in [-0.05, 0) is 36.8 Å². The fourth-order valence-electron chi connectivity index (χ4n) is 1.78. The molecule has 1 N–H and O–H groups in total. The van der Waals surface area contributed by atoms with Crippen LogP contribution in [0.4, 0.5) is 10.5 Å². The van der Waals surface area contributed by atoms with Crippen LogP contribution in [0.25, 0.3) is 0 Å². The maximum Gasteiger partial charge on any atom is 0.421 e. The largest absolute Gasteiger partial charge is 0.444 e. The van der Waals surface area contributed by atoms with Gasteiger partial charge in [-0.3, -0.25) is 10.1 Å². The van der Waals surface area contributed by atoms with Crippen molar-refractivity contribution in [3.05, 3.63) is 69.8 Å². The van der Waals surface area contributed by atoms with Crippen molar-refractivity contribution in [2.45, 2.75) is 18.4 Å². The Labute approximate surface area is 138 Å². The van der Waals surface area contributed by atoms with E-state index in [9.17, 15) is 23.3 Å². The molecule has 0 aliphatic carbocycles. The van der Waals surface area contributed by atoms with E-state index in [2.05, 4.69) is 0 Å². The van der Waals surface area contributed by atoms with Crippen molar-refractivity contribution in [1.82, 2.24) is 4.72 Å². The third-order valence-corrected chi connectivity index (χ3v) is 4.39. The maximum atomic E-state index is 12.0. The zero-order chi connectivity index (χ0) is 17.7. The monoisotopic (exact) mass is 350 g/mol. The van der Waals surface area contributed by atoms with Gasteiger partial charge in [0, 0.05) is 12.1 Å². The summed E-state index contributed by atoms with van der Waals surface area (Å²) in [6, 6.07) is 11.3. The third-order valence-electron chi connectivity index (χ3n) is 3.07. The van der Waals surface area contributed by atoms with Crippen LogP contribution in [0.2, 0.25) is 0 Å². The highest BCUT2D eigenvalue weighted by molar-refractivity contribution is 7.90. The van der Waals surface area contributed by atoms with Gasteiger partial charge in [-0.15, -0.1) is 0 Å². The standard InChI is InChI=1S/C15H14N2O6S/c1-11-2-8-14(9-3-11)24(21,22)16-15(18)23-10-12-4-6-13(7-5-12)17(19)20/h2-9H,10H2,1H3,(H,16,18). The lowest BCUT2D eigenvalue weighted by atomic mass is 10.2. The maximum absolute atomic E-state index is 12.0. The second-order valence-electron chi connectivity index (χ2n) is 4.92. The third kappa shape index (κ3) is 4.53. The van der Waals surface area contributed by atoms with Gasteiger partial charge in [0.2, 0.25) is 0 Å². The van der Waals surface area contributed by atoms with Crippen molar-refractivity contribution < 1.29 is 22.9 Å². The van der Waals surface area contributed by atoms with Crippen LogP contribution in [-0.2, 0) is 21.4 Å². The zero-order valence-electron chi connectivity index (χ0n) is 12.6. The first-order valence-corrected chi connectivity index (χ1v) is 8.26. The number of non-ortho nitro benzene ring substituents is 1. The second kappa shape index (κ2) is 7.09. The molecule has 1 amide bonds. The van der Waals surface area contributed by atoms with Crippen molar-refractivity contribution >= 4 is 21.8 Å². The van der Waals surface area contributed by atoms with Crippen LogP contribution in [-0.4, -0.2) is 19.4 Å². The number of hydrogen-bond donors (Lipinski definition) is 1. The van der Waals surface area contributed by atoms with E-state index in [4.69, 9.17) is 4.74 Å². The van der Waals surface area contributed by atoms with Crippen LogP contribution in [0.3, 0.4) is 0 Å². The van der Waals surface area contributed by atoms with Gasteiger partial charge in [-0.2, -0.15) is 0 Å². The van der Waals surface area contributed by atoms with Gasteiger partial charge in [-0.1, -0.05) is 17.7 Å². The molecular weight excluding hydrogens is 336 g/mol. The number of benzene rings is 2. The number of carbonyl (C=O) groups excluding carboxylic acids is 1. The molecule has 0 aliphatic heterocycles. The second-order valence-corrected chi connectivity index (χ2v) is 6.60. The van der Waals surface area contributed by atoms with Gasteiger partial charge < -0.3 is 4.74 Å². The van der Waals surface area contributed by atoms with Crippen LogP contribution < -0.4 is 4.72 Å². The number of hydrogen-bond acceptors (Lipinski definition) is 6. The summed E-state index contributed by atoms with van der Waals surface area (Å²) in [5, 5.41) is 10.5. The molecular formula is C15H14N2O6S. The molecule has 0 saturated heterocycles. The van der Waals surface area contributed by atoms with Crippen molar-refractivity contribution in [2.24, 2.45) is 0 Å². The number of ether oxygens (including phenoxy) is 1. The summed E-state index contributed by atoms with van der Waals surface area (Å²) < 4.78 is 30.6. The molecule has 0 radical (unpaired) electrons. The average Bonchev–Trinajstić information content (AvgIpc) is 2.53. The Kier molecular flexibility index (Phi) is 5.14. The summed E-state index contributed by atoms with van der Waals surface area (Å²) in [5.74, 6) is 0. The fourth-order valence-corrected chi connectivity index (χ4v) is 2.67. The van der Waals surface area contributed by atoms with E-state index < -0.39 is 21.0 Å². The molecule has 0 bridgehead atoms.